The van der Waals surface area contributed by atoms with Crippen molar-refractivity contribution < 1.29 is 0 Å². The first kappa shape index (κ1) is 12.0. The lowest BCUT2D eigenvalue weighted by atomic mass is 10.0. The van der Waals surface area contributed by atoms with Crippen LogP contribution in [0.3, 0.4) is 0 Å². The van der Waals surface area contributed by atoms with Gasteiger partial charge in [0.1, 0.15) is 0 Å². The van der Waals surface area contributed by atoms with E-state index >= 15 is 0 Å². The van der Waals surface area contributed by atoms with Crippen molar-refractivity contribution in [1.29, 1.82) is 0 Å². The maximum absolute atomic E-state index is 4.83. The number of hydrogen-bond donors (Lipinski definition) is 0. The molecule has 0 saturated carbocycles. The molecule has 1 heterocycles. The second-order valence-corrected chi connectivity index (χ2v) is 5.10. The highest BCUT2D eigenvalue weighted by atomic mass is 14.9. The molecule has 21 heavy (non-hydrogen) atoms. The zero-order chi connectivity index (χ0) is 14.4. The molecule has 2 nitrogen and oxygen atoms in total. The minimum absolute atomic E-state index is 0.830. The van der Waals surface area contributed by atoms with E-state index in [2.05, 4.69) is 43.0 Å². The predicted octanol–water partition coefficient (Wildman–Crippen LogP) is 4.95. The number of aromatic nitrogens is 2. The molecule has 0 saturated heterocycles. The summed E-state index contributed by atoms with van der Waals surface area (Å²) >= 11 is 0. The first-order valence-electron chi connectivity index (χ1n) is 7.03. The Morgan fingerprint density at radius 1 is 0.905 bits per heavy atom. The third-order valence-electron chi connectivity index (χ3n) is 3.88. The van der Waals surface area contributed by atoms with E-state index in [4.69, 9.17) is 9.97 Å². The SMILES string of the molecule is C=Cc1nc2c(nc1/C=C\C)-c1cccc3cccc-2c13. The maximum Gasteiger partial charge on any atom is 0.0979 e. The average Bonchev–Trinajstić information content (AvgIpc) is 2.83. The van der Waals surface area contributed by atoms with E-state index in [9.17, 15) is 0 Å². The summed E-state index contributed by atoms with van der Waals surface area (Å²) < 4.78 is 0. The summed E-state index contributed by atoms with van der Waals surface area (Å²) in [6, 6.07) is 12.7. The van der Waals surface area contributed by atoms with Crippen LogP contribution in [0.25, 0.3) is 45.4 Å². The van der Waals surface area contributed by atoms with Crippen molar-refractivity contribution in [1.82, 2.24) is 9.97 Å². The Bertz CT molecular complexity index is 915. The molecule has 4 rings (SSSR count). The Balaban J connectivity index is 2.13. The van der Waals surface area contributed by atoms with Gasteiger partial charge < -0.3 is 0 Å². The van der Waals surface area contributed by atoms with Crippen molar-refractivity contribution in [2.75, 3.05) is 0 Å². The van der Waals surface area contributed by atoms with Gasteiger partial charge in [0.25, 0.3) is 0 Å². The lowest BCUT2D eigenvalue weighted by Gasteiger charge is -2.05. The predicted molar refractivity (Wildman–Crippen MR) is 88.8 cm³/mol. The van der Waals surface area contributed by atoms with Crippen molar-refractivity contribution in [3.05, 3.63) is 60.4 Å². The third-order valence-corrected chi connectivity index (χ3v) is 3.88. The van der Waals surface area contributed by atoms with Crippen LogP contribution < -0.4 is 0 Å². The van der Waals surface area contributed by atoms with Crippen LogP contribution in [0.2, 0.25) is 0 Å². The van der Waals surface area contributed by atoms with Crippen LogP contribution in [0.1, 0.15) is 18.3 Å². The van der Waals surface area contributed by atoms with Gasteiger partial charge in [0, 0.05) is 16.5 Å². The normalized spacial score (nSPS) is 12.0. The molecule has 2 aromatic carbocycles. The van der Waals surface area contributed by atoms with Gasteiger partial charge in [0.15, 0.2) is 0 Å². The van der Waals surface area contributed by atoms with Crippen LogP contribution in [0, 0.1) is 0 Å². The number of fused-ring (bicyclic) bond motifs is 3. The molecule has 0 radical (unpaired) electrons. The van der Waals surface area contributed by atoms with Crippen molar-refractivity contribution in [3.63, 3.8) is 0 Å². The highest BCUT2D eigenvalue weighted by molar-refractivity contribution is 6.13. The van der Waals surface area contributed by atoms with Gasteiger partial charge in [0.2, 0.25) is 0 Å². The Hall–Kier alpha value is -2.74. The highest BCUT2D eigenvalue weighted by Gasteiger charge is 2.24. The van der Waals surface area contributed by atoms with E-state index in [1.807, 2.05) is 19.1 Å². The second kappa shape index (κ2) is 4.38. The van der Waals surface area contributed by atoms with Crippen LogP contribution in [-0.2, 0) is 0 Å². The molecular formula is C19H14N2. The van der Waals surface area contributed by atoms with Crippen LogP contribution in [-0.4, -0.2) is 9.97 Å². The largest absolute Gasteiger partial charge is 0.244 e. The molecule has 0 bridgehead atoms. The average molecular weight is 270 g/mol. The summed E-state index contributed by atoms with van der Waals surface area (Å²) in [5, 5.41) is 2.49. The van der Waals surface area contributed by atoms with Gasteiger partial charge in [-0.05, 0) is 24.5 Å². The fraction of sp³-hybridized carbons (Fsp3) is 0.0526. The minimum Gasteiger partial charge on any atom is -0.244 e. The fourth-order valence-electron chi connectivity index (χ4n) is 3.00. The second-order valence-electron chi connectivity index (χ2n) is 5.10. The van der Waals surface area contributed by atoms with Gasteiger partial charge in [-0.3, -0.25) is 0 Å². The van der Waals surface area contributed by atoms with E-state index in [0.717, 1.165) is 22.8 Å². The van der Waals surface area contributed by atoms with Crippen molar-refractivity contribution in [2.24, 2.45) is 0 Å². The molecule has 2 heteroatoms. The van der Waals surface area contributed by atoms with Gasteiger partial charge in [-0.25, -0.2) is 9.97 Å². The van der Waals surface area contributed by atoms with Crippen molar-refractivity contribution in [3.8, 4) is 22.5 Å². The standard InChI is InChI=1S/C19H14N2/c1-3-7-16-15(4-2)20-18-13-10-5-8-12-9-6-11-14(17(12)13)19(18)21-16/h3-11H,2H2,1H3/b7-3-. The Morgan fingerprint density at radius 2 is 1.52 bits per heavy atom. The first-order chi connectivity index (χ1) is 10.3. The molecule has 0 amide bonds. The van der Waals surface area contributed by atoms with E-state index in [-0.39, 0.29) is 0 Å². The van der Waals surface area contributed by atoms with Gasteiger partial charge in [-0.1, -0.05) is 49.1 Å². The van der Waals surface area contributed by atoms with E-state index in [1.165, 1.54) is 21.9 Å². The molecule has 0 N–H and O–H groups in total. The number of rotatable bonds is 2. The van der Waals surface area contributed by atoms with Crippen LogP contribution in [0.5, 0.6) is 0 Å². The molecule has 1 aliphatic rings. The molecular weight excluding hydrogens is 256 g/mol. The zero-order valence-electron chi connectivity index (χ0n) is 11.8. The summed E-state index contributed by atoms with van der Waals surface area (Å²) in [5.74, 6) is 0. The number of hydrogen-bond acceptors (Lipinski definition) is 2. The smallest absolute Gasteiger partial charge is 0.0979 e. The maximum atomic E-state index is 4.83. The summed E-state index contributed by atoms with van der Waals surface area (Å²) in [4.78, 5) is 9.63. The molecule has 0 spiro atoms. The van der Waals surface area contributed by atoms with Crippen LogP contribution in [0.4, 0.5) is 0 Å². The topological polar surface area (TPSA) is 25.8 Å². The molecule has 0 unspecified atom stereocenters. The molecule has 100 valence electrons. The Kier molecular flexibility index (Phi) is 2.51. The molecule has 0 atom stereocenters. The number of benzene rings is 2. The molecule has 0 aliphatic heterocycles. The number of nitrogens with zero attached hydrogens (tertiary/aromatic N) is 2. The van der Waals surface area contributed by atoms with Crippen LogP contribution in [0.15, 0.2) is 49.1 Å². The Morgan fingerprint density at radius 3 is 2.10 bits per heavy atom. The van der Waals surface area contributed by atoms with Crippen molar-refractivity contribution in [2.45, 2.75) is 6.92 Å². The zero-order valence-corrected chi connectivity index (χ0v) is 11.8. The Labute approximate surface area is 123 Å². The summed E-state index contributed by atoms with van der Waals surface area (Å²) in [7, 11) is 0. The molecule has 1 aliphatic carbocycles. The monoisotopic (exact) mass is 270 g/mol. The molecule has 3 aromatic rings. The number of allylic oxidation sites excluding steroid dienone is 1. The molecule has 0 fully saturated rings. The summed E-state index contributed by atoms with van der Waals surface area (Å²) in [6.07, 6.45) is 5.73. The van der Waals surface area contributed by atoms with Gasteiger partial charge in [-0.15, -0.1) is 0 Å². The minimum atomic E-state index is 0.830. The lowest BCUT2D eigenvalue weighted by molar-refractivity contribution is 1.18. The van der Waals surface area contributed by atoms with Crippen LogP contribution >= 0.6 is 0 Å². The molecule has 1 aromatic heterocycles. The van der Waals surface area contributed by atoms with Gasteiger partial charge in [-0.2, -0.15) is 0 Å². The fourth-order valence-corrected chi connectivity index (χ4v) is 3.00. The highest BCUT2D eigenvalue weighted by Crippen LogP contribution is 2.45. The van der Waals surface area contributed by atoms with Gasteiger partial charge in [0.05, 0.1) is 22.8 Å². The van der Waals surface area contributed by atoms with E-state index < -0.39 is 0 Å². The third kappa shape index (κ3) is 1.59. The quantitative estimate of drug-likeness (QED) is 0.515. The lowest BCUT2D eigenvalue weighted by Crippen LogP contribution is -1.96. The van der Waals surface area contributed by atoms with E-state index in [0.29, 0.717) is 0 Å². The summed E-state index contributed by atoms with van der Waals surface area (Å²) in [6.45, 7) is 5.84. The summed E-state index contributed by atoms with van der Waals surface area (Å²) in [5.41, 5.74) is 5.98. The first-order valence-corrected chi connectivity index (χ1v) is 7.03. The van der Waals surface area contributed by atoms with Gasteiger partial charge >= 0.3 is 0 Å². The van der Waals surface area contributed by atoms with Crippen molar-refractivity contribution >= 4 is 22.9 Å². The van der Waals surface area contributed by atoms with E-state index in [1.54, 1.807) is 6.08 Å².